The van der Waals surface area contributed by atoms with E-state index in [4.69, 9.17) is 28.9 Å². The van der Waals surface area contributed by atoms with E-state index in [1.165, 1.54) is 0 Å². The number of nitrogens with two attached hydrogens (primary N) is 1. The Labute approximate surface area is 133 Å². The maximum absolute atomic E-state index is 6.33. The number of benzene rings is 2. The maximum atomic E-state index is 6.33. The molecule has 0 saturated heterocycles. The van der Waals surface area contributed by atoms with E-state index >= 15 is 0 Å². The molecule has 0 aliphatic heterocycles. The Hall–Kier alpha value is -1.71. The molecule has 1 heterocycles. The van der Waals surface area contributed by atoms with Crippen LogP contribution in [-0.4, -0.2) is 9.55 Å². The fraction of sp³-hybridized carbons (Fsp3) is 0.188. The number of aryl methyl sites for hydroxylation is 1. The van der Waals surface area contributed by atoms with Gasteiger partial charge >= 0.3 is 0 Å². The van der Waals surface area contributed by atoms with Gasteiger partial charge in [0, 0.05) is 10.0 Å². The smallest absolute Gasteiger partial charge is 0.201 e. The molecule has 0 aliphatic carbocycles. The quantitative estimate of drug-likeness (QED) is 0.734. The summed E-state index contributed by atoms with van der Waals surface area (Å²) in [6.07, 6.45) is 0. The van der Waals surface area contributed by atoms with Gasteiger partial charge in [0.2, 0.25) is 5.95 Å². The third-order valence-electron chi connectivity index (χ3n) is 3.74. The van der Waals surface area contributed by atoms with Gasteiger partial charge < -0.3 is 10.3 Å². The Morgan fingerprint density at radius 1 is 1.19 bits per heavy atom. The standard InChI is InChI=1S/C16H15Cl2N3/c1-9-4-3-5-14-15(9)21(16(19)20-14)10(2)12-7-6-11(17)8-13(12)18/h3-8,10H,1-2H3,(H2,19,20). The Bertz CT molecular complexity index is 824. The van der Waals surface area contributed by atoms with Crippen molar-refractivity contribution in [3.05, 3.63) is 57.6 Å². The molecule has 0 bridgehead atoms. The van der Waals surface area contributed by atoms with E-state index in [0.717, 1.165) is 22.2 Å². The first-order valence-electron chi connectivity index (χ1n) is 6.67. The molecular weight excluding hydrogens is 305 g/mol. The van der Waals surface area contributed by atoms with Gasteiger partial charge in [0.25, 0.3) is 0 Å². The summed E-state index contributed by atoms with van der Waals surface area (Å²) in [7, 11) is 0. The number of nitrogens with zero attached hydrogens (tertiary/aromatic N) is 2. The molecule has 0 saturated carbocycles. The molecule has 5 heteroatoms. The molecule has 1 unspecified atom stereocenters. The number of halogens is 2. The number of rotatable bonds is 2. The Morgan fingerprint density at radius 2 is 1.95 bits per heavy atom. The number of hydrogen-bond acceptors (Lipinski definition) is 2. The van der Waals surface area contributed by atoms with Crippen LogP contribution in [0.3, 0.4) is 0 Å². The van der Waals surface area contributed by atoms with E-state index in [1.54, 1.807) is 6.07 Å². The van der Waals surface area contributed by atoms with Crippen LogP contribution < -0.4 is 5.73 Å². The Morgan fingerprint density at radius 3 is 2.67 bits per heavy atom. The fourth-order valence-electron chi connectivity index (χ4n) is 2.71. The van der Waals surface area contributed by atoms with E-state index in [0.29, 0.717) is 16.0 Å². The van der Waals surface area contributed by atoms with E-state index in [1.807, 2.05) is 28.8 Å². The van der Waals surface area contributed by atoms with Crippen LogP contribution >= 0.6 is 23.2 Å². The van der Waals surface area contributed by atoms with Gasteiger partial charge in [-0.3, -0.25) is 0 Å². The van der Waals surface area contributed by atoms with Crippen LogP contribution in [0, 0.1) is 6.92 Å². The number of imidazole rings is 1. The van der Waals surface area contributed by atoms with Gasteiger partial charge in [-0.1, -0.05) is 41.4 Å². The average Bonchev–Trinajstić information content (AvgIpc) is 2.75. The second-order valence-corrected chi connectivity index (χ2v) is 5.97. The zero-order chi connectivity index (χ0) is 15.1. The molecule has 0 radical (unpaired) electrons. The van der Waals surface area contributed by atoms with Gasteiger partial charge in [-0.05, 0) is 43.2 Å². The summed E-state index contributed by atoms with van der Waals surface area (Å²) < 4.78 is 2.01. The molecule has 0 spiro atoms. The molecule has 3 aromatic rings. The minimum absolute atomic E-state index is 0.0270. The molecule has 1 atom stereocenters. The predicted octanol–water partition coefficient (Wildman–Crippen LogP) is 4.84. The normalized spacial score (nSPS) is 12.8. The van der Waals surface area contributed by atoms with Crippen LogP contribution in [0.25, 0.3) is 11.0 Å². The van der Waals surface area contributed by atoms with Crippen LogP contribution in [0.15, 0.2) is 36.4 Å². The van der Waals surface area contributed by atoms with Crippen molar-refractivity contribution in [1.29, 1.82) is 0 Å². The molecular formula is C16H15Cl2N3. The van der Waals surface area contributed by atoms with E-state index in [-0.39, 0.29) is 6.04 Å². The van der Waals surface area contributed by atoms with Gasteiger partial charge in [-0.25, -0.2) is 4.98 Å². The summed E-state index contributed by atoms with van der Waals surface area (Å²) >= 11 is 12.3. The molecule has 0 amide bonds. The third-order valence-corrected chi connectivity index (χ3v) is 4.30. The molecule has 2 N–H and O–H groups in total. The SMILES string of the molecule is Cc1cccc2nc(N)n(C(C)c3ccc(Cl)cc3Cl)c12. The summed E-state index contributed by atoms with van der Waals surface area (Å²) in [4.78, 5) is 4.44. The van der Waals surface area contributed by atoms with Crippen molar-refractivity contribution < 1.29 is 0 Å². The molecule has 108 valence electrons. The number of nitrogen functional groups attached to an aromatic ring is 1. The predicted molar refractivity (Wildman–Crippen MR) is 89.2 cm³/mol. The van der Waals surface area contributed by atoms with Crippen molar-refractivity contribution in [1.82, 2.24) is 9.55 Å². The number of fused-ring (bicyclic) bond motifs is 1. The molecule has 0 fully saturated rings. The monoisotopic (exact) mass is 319 g/mol. The lowest BCUT2D eigenvalue weighted by Crippen LogP contribution is -2.11. The number of hydrogen-bond donors (Lipinski definition) is 1. The van der Waals surface area contributed by atoms with Crippen molar-refractivity contribution in [2.75, 3.05) is 5.73 Å². The maximum Gasteiger partial charge on any atom is 0.201 e. The minimum atomic E-state index is -0.0270. The number of anilines is 1. The van der Waals surface area contributed by atoms with Gasteiger partial charge in [0.15, 0.2) is 0 Å². The summed E-state index contributed by atoms with van der Waals surface area (Å²) in [5.74, 6) is 0.484. The molecule has 21 heavy (non-hydrogen) atoms. The van der Waals surface area contributed by atoms with Crippen LogP contribution in [0.5, 0.6) is 0 Å². The number of para-hydroxylation sites is 1. The average molecular weight is 320 g/mol. The van der Waals surface area contributed by atoms with Crippen molar-refractivity contribution in [3.8, 4) is 0 Å². The topological polar surface area (TPSA) is 43.8 Å². The van der Waals surface area contributed by atoms with Crippen LogP contribution in [0.1, 0.15) is 24.1 Å². The van der Waals surface area contributed by atoms with Crippen LogP contribution in [0.4, 0.5) is 5.95 Å². The summed E-state index contributed by atoms with van der Waals surface area (Å²) in [5.41, 5.74) is 10.2. The Balaban J connectivity index is 2.22. The summed E-state index contributed by atoms with van der Waals surface area (Å²) in [6.45, 7) is 4.11. The molecule has 0 aliphatic rings. The lowest BCUT2D eigenvalue weighted by atomic mass is 10.1. The van der Waals surface area contributed by atoms with Gasteiger partial charge in [-0.15, -0.1) is 0 Å². The van der Waals surface area contributed by atoms with Crippen LogP contribution in [-0.2, 0) is 0 Å². The Kier molecular flexibility index (Phi) is 3.56. The van der Waals surface area contributed by atoms with Crippen molar-refractivity contribution >= 4 is 40.2 Å². The van der Waals surface area contributed by atoms with Crippen molar-refractivity contribution in [3.63, 3.8) is 0 Å². The highest BCUT2D eigenvalue weighted by Crippen LogP contribution is 2.33. The third kappa shape index (κ3) is 2.37. The fourth-order valence-corrected chi connectivity index (χ4v) is 3.28. The summed E-state index contributed by atoms with van der Waals surface area (Å²) in [5, 5.41) is 1.25. The largest absolute Gasteiger partial charge is 0.369 e. The van der Waals surface area contributed by atoms with E-state index < -0.39 is 0 Å². The van der Waals surface area contributed by atoms with Gasteiger partial charge in [-0.2, -0.15) is 0 Å². The zero-order valence-corrected chi connectivity index (χ0v) is 13.3. The molecule has 3 nitrogen and oxygen atoms in total. The second kappa shape index (κ2) is 5.24. The van der Waals surface area contributed by atoms with E-state index in [9.17, 15) is 0 Å². The molecule has 1 aromatic heterocycles. The highest BCUT2D eigenvalue weighted by molar-refractivity contribution is 6.35. The van der Waals surface area contributed by atoms with Crippen molar-refractivity contribution in [2.45, 2.75) is 19.9 Å². The zero-order valence-electron chi connectivity index (χ0n) is 11.8. The summed E-state index contributed by atoms with van der Waals surface area (Å²) in [6, 6.07) is 11.5. The molecule has 3 rings (SSSR count). The number of aromatic nitrogens is 2. The minimum Gasteiger partial charge on any atom is -0.369 e. The second-order valence-electron chi connectivity index (χ2n) is 5.12. The lowest BCUT2D eigenvalue weighted by molar-refractivity contribution is 0.667. The molecule has 2 aromatic carbocycles. The lowest BCUT2D eigenvalue weighted by Gasteiger charge is -2.18. The van der Waals surface area contributed by atoms with Crippen LogP contribution in [0.2, 0.25) is 10.0 Å². The van der Waals surface area contributed by atoms with Crippen molar-refractivity contribution in [2.24, 2.45) is 0 Å². The first-order chi connectivity index (χ1) is 9.99. The first kappa shape index (κ1) is 14.2. The highest BCUT2D eigenvalue weighted by atomic mass is 35.5. The van der Waals surface area contributed by atoms with Gasteiger partial charge in [0.05, 0.1) is 17.1 Å². The first-order valence-corrected chi connectivity index (χ1v) is 7.42. The van der Waals surface area contributed by atoms with Gasteiger partial charge in [0.1, 0.15) is 0 Å². The van der Waals surface area contributed by atoms with E-state index in [2.05, 4.69) is 24.9 Å². The highest BCUT2D eigenvalue weighted by Gasteiger charge is 2.19.